The first-order valence-electron chi connectivity index (χ1n) is 4.88. The molecule has 0 radical (unpaired) electrons. The molecule has 3 nitrogen and oxygen atoms in total. The molecule has 12 heavy (non-hydrogen) atoms. The third-order valence-electron chi connectivity index (χ3n) is 2.86. The predicted molar refractivity (Wildman–Crippen MR) is 46.8 cm³/mol. The highest BCUT2D eigenvalue weighted by Gasteiger charge is 2.28. The molecule has 1 heterocycles. The number of amides is 1. The lowest BCUT2D eigenvalue weighted by Gasteiger charge is -2.36. The molecule has 1 amide bonds. The van der Waals surface area contributed by atoms with Crippen LogP contribution in [0.1, 0.15) is 25.7 Å². The Hall–Kier alpha value is -0.570. The zero-order valence-electron chi connectivity index (χ0n) is 7.38. The summed E-state index contributed by atoms with van der Waals surface area (Å²) < 4.78 is 0. The summed E-state index contributed by atoms with van der Waals surface area (Å²) in [6.07, 6.45) is 4.88. The number of rotatable bonds is 1. The quantitative estimate of drug-likeness (QED) is 0.613. The van der Waals surface area contributed by atoms with E-state index in [9.17, 15) is 4.79 Å². The van der Waals surface area contributed by atoms with E-state index in [-0.39, 0.29) is 0 Å². The number of carbonyl (C=O) groups is 1. The van der Waals surface area contributed by atoms with E-state index in [0.717, 1.165) is 19.5 Å². The third-order valence-corrected chi connectivity index (χ3v) is 2.86. The third kappa shape index (κ3) is 1.46. The topological polar surface area (TPSA) is 32.3 Å². The van der Waals surface area contributed by atoms with Crippen LogP contribution in [0.3, 0.4) is 0 Å². The second-order valence-electron chi connectivity index (χ2n) is 3.70. The van der Waals surface area contributed by atoms with Crippen molar-refractivity contribution < 1.29 is 4.79 Å². The molecule has 2 fully saturated rings. The van der Waals surface area contributed by atoms with Gasteiger partial charge in [0.25, 0.3) is 0 Å². The normalized spacial score (nSPS) is 26.7. The molecule has 3 heteroatoms. The van der Waals surface area contributed by atoms with Crippen molar-refractivity contribution in [3.63, 3.8) is 0 Å². The molecule has 1 saturated heterocycles. The maximum Gasteiger partial charge on any atom is 0.236 e. The second kappa shape index (κ2) is 3.44. The SMILES string of the molecule is O=C1CNCCCN1C1CCC1. The summed E-state index contributed by atoms with van der Waals surface area (Å²) in [5.41, 5.74) is 0. The van der Waals surface area contributed by atoms with Crippen LogP contribution < -0.4 is 5.32 Å². The summed E-state index contributed by atoms with van der Waals surface area (Å²) in [5, 5.41) is 3.14. The van der Waals surface area contributed by atoms with Crippen molar-refractivity contribution >= 4 is 5.91 Å². The van der Waals surface area contributed by atoms with Gasteiger partial charge in [-0.15, -0.1) is 0 Å². The maximum atomic E-state index is 11.5. The molecule has 0 atom stereocenters. The monoisotopic (exact) mass is 168 g/mol. The first-order chi connectivity index (χ1) is 5.88. The van der Waals surface area contributed by atoms with E-state index in [2.05, 4.69) is 10.2 Å². The van der Waals surface area contributed by atoms with Crippen molar-refractivity contribution in [2.45, 2.75) is 31.7 Å². The number of carbonyl (C=O) groups excluding carboxylic acids is 1. The van der Waals surface area contributed by atoms with Crippen LogP contribution in [-0.2, 0) is 4.79 Å². The minimum atomic E-state index is 0.303. The van der Waals surface area contributed by atoms with Gasteiger partial charge in [-0.2, -0.15) is 0 Å². The number of hydrogen-bond donors (Lipinski definition) is 1. The Morgan fingerprint density at radius 3 is 2.83 bits per heavy atom. The molecule has 2 rings (SSSR count). The fraction of sp³-hybridized carbons (Fsp3) is 0.889. The Labute approximate surface area is 73.1 Å². The van der Waals surface area contributed by atoms with E-state index in [0.29, 0.717) is 18.5 Å². The van der Waals surface area contributed by atoms with E-state index in [1.54, 1.807) is 0 Å². The molecule has 0 unspecified atom stereocenters. The summed E-state index contributed by atoms with van der Waals surface area (Å²) in [6, 6.07) is 0.581. The standard InChI is InChI=1S/C9H16N2O/c12-9-7-10-5-2-6-11(9)8-3-1-4-8/h8,10H,1-7H2. The van der Waals surface area contributed by atoms with Gasteiger partial charge < -0.3 is 10.2 Å². The molecule has 0 aromatic heterocycles. The van der Waals surface area contributed by atoms with E-state index < -0.39 is 0 Å². The van der Waals surface area contributed by atoms with Gasteiger partial charge in [0.15, 0.2) is 0 Å². The zero-order valence-corrected chi connectivity index (χ0v) is 7.38. The lowest BCUT2D eigenvalue weighted by molar-refractivity contribution is -0.133. The molecule has 2 aliphatic rings. The van der Waals surface area contributed by atoms with Crippen molar-refractivity contribution in [1.29, 1.82) is 0 Å². The van der Waals surface area contributed by atoms with Gasteiger partial charge in [0.1, 0.15) is 0 Å². The molecule has 68 valence electrons. The smallest absolute Gasteiger partial charge is 0.236 e. The summed E-state index contributed by atoms with van der Waals surface area (Å²) in [7, 11) is 0. The van der Waals surface area contributed by atoms with E-state index >= 15 is 0 Å². The summed E-state index contributed by atoms with van der Waals surface area (Å²) in [4.78, 5) is 13.6. The van der Waals surface area contributed by atoms with E-state index in [4.69, 9.17) is 0 Å². The van der Waals surface area contributed by atoms with Crippen LogP contribution in [0.5, 0.6) is 0 Å². The molecule has 0 spiro atoms. The summed E-state index contributed by atoms with van der Waals surface area (Å²) in [5.74, 6) is 0.303. The number of nitrogens with zero attached hydrogens (tertiary/aromatic N) is 1. The van der Waals surface area contributed by atoms with Gasteiger partial charge in [-0.1, -0.05) is 0 Å². The molecule has 0 bridgehead atoms. The van der Waals surface area contributed by atoms with Crippen molar-refractivity contribution in [2.24, 2.45) is 0 Å². The molecule has 0 aromatic rings. The van der Waals surface area contributed by atoms with Gasteiger partial charge in [0.05, 0.1) is 6.54 Å². The van der Waals surface area contributed by atoms with Crippen molar-refractivity contribution in [2.75, 3.05) is 19.6 Å². The van der Waals surface area contributed by atoms with E-state index in [1.165, 1.54) is 19.3 Å². The fourth-order valence-corrected chi connectivity index (χ4v) is 1.88. The molecular formula is C9H16N2O. The maximum absolute atomic E-state index is 11.5. The van der Waals surface area contributed by atoms with Gasteiger partial charge in [0, 0.05) is 12.6 Å². The van der Waals surface area contributed by atoms with Crippen molar-refractivity contribution in [3.8, 4) is 0 Å². The Morgan fingerprint density at radius 2 is 2.17 bits per heavy atom. The highest BCUT2D eigenvalue weighted by molar-refractivity contribution is 5.78. The van der Waals surface area contributed by atoms with Gasteiger partial charge in [-0.25, -0.2) is 0 Å². The average molecular weight is 168 g/mol. The summed E-state index contributed by atoms with van der Waals surface area (Å²) >= 11 is 0. The molecule has 0 aromatic carbocycles. The number of nitrogens with one attached hydrogen (secondary N) is 1. The van der Waals surface area contributed by atoms with E-state index in [1.807, 2.05) is 0 Å². The first-order valence-corrected chi connectivity index (χ1v) is 4.88. The van der Waals surface area contributed by atoms with Crippen molar-refractivity contribution in [1.82, 2.24) is 10.2 Å². The Kier molecular flexibility index (Phi) is 2.30. The molecule has 1 aliphatic carbocycles. The van der Waals surface area contributed by atoms with Crippen LogP contribution >= 0.6 is 0 Å². The fourth-order valence-electron chi connectivity index (χ4n) is 1.88. The lowest BCUT2D eigenvalue weighted by Crippen LogP contribution is -2.45. The predicted octanol–water partition coefficient (Wildman–Crippen LogP) is 0.361. The Bertz CT molecular complexity index is 177. The largest absolute Gasteiger partial charge is 0.339 e. The minimum absolute atomic E-state index is 0.303. The molecular weight excluding hydrogens is 152 g/mol. The van der Waals surface area contributed by atoms with Crippen molar-refractivity contribution in [3.05, 3.63) is 0 Å². The van der Waals surface area contributed by atoms with Crippen LogP contribution in [0, 0.1) is 0 Å². The molecule has 1 aliphatic heterocycles. The van der Waals surface area contributed by atoms with Crippen LogP contribution in [0.4, 0.5) is 0 Å². The van der Waals surface area contributed by atoms with Crippen LogP contribution in [0.15, 0.2) is 0 Å². The van der Waals surface area contributed by atoms with Crippen LogP contribution in [-0.4, -0.2) is 36.5 Å². The highest BCUT2D eigenvalue weighted by atomic mass is 16.2. The summed E-state index contributed by atoms with van der Waals surface area (Å²) in [6.45, 7) is 2.52. The molecule has 1 N–H and O–H groups in total. The minimum Gasteiger partial charge on any atom is -0.339 e. The second-order valence-corrected chi connectivity index (χ2v) is 3.70. The zero-order chi connectivity index (χ0) is 8.39. The van der Waals surface area contributed by atoms with Crippen LogP contribution in [0.25, 0.3) is 0 Å². The van der Waals surface area contributed by atoms with Gasteiger partial charge in [0.2, 0.25) is 5.91 Å². The first kappa shape index (κ1) is 8.05. The Balaban J connectivity index is 1.95. The van der Waals surface area contributed by atoms with Gasteiger partial charge in [-0.05, 0) is 32.2 Å². The lowest BCUT2D eigenvalue weighted by atomic mass is 9.91. The van der Waals surface area contributed by atoms with Gasteiger partial charge in [-0.3, -0.25) is 4.79 Å². The number of hydrogen-bond acceptors (Lipinski definition) is 2. The van der Waals surface area contributed by atoms with Gasteiger partial charge >= 0.3 is 0 Å². The highest BCUT2D eigenvalue weighted by Crippen LogP contribution is 2.25. The average Bonchev–Trinajstić information content (AvgIpc) is 2.13. The Morgan fingerprint density at radius 1 is 1.33 bits per heavy atom. The van der Waals surface area contributed by atoms with Crippen LogP contribution in [0.2, 0.25) is 0 Å². The molecule has 1 saturated carbocycles.